The minimum Gasteiger partial charge on any atom is -0.468 e. The van der Waals surface area contributed by atoms with Gasteiger partial charge in [0, 0.05) is 12.8 Å². The predicted molar refractivity (Wildman–Crippen MR) is 153 cm³/mol. The number of hydrogen-bond acceptors (Lipinski definition) is 15. The van der Waals surface area contributed by atoms with Gasteiger partial charge in [-0.25, -0.2) is 19.7 Å². The number of nitrogen functional groups attached to an aromatic ring is 1. The molecule has 0 spiro atoms. The van der Waals surface area contributed by atoms with Gasteiger partial charge in [0.1, 0.15) is 42.7 Å². The Bertz CT molecular complexity index is 1480. The Kier molecular flexibility index (Phi) is 11.6. The molecule has 2 aromatic rings. The predicted octanol–water partition coefficient (Wildman–Crippen LogP) is 0.716. The van der Waals surface area contributed by atoms with Crippen LogP contribution in [0.3, 0.4) is 0 Å². The summed E-state index contributed by atoms with van der Waals surface area (Å²) in [5, 5.41) is 19.6. The Balaban J connectivity index is 2.12. The number of hydrogen-bond donors (Lipinski definition) is 3. The fourth-order valence-corrected chi connectivity index (χ4v) is 6.28. The van der Waals surface area contributed by atoms with Crippen molar-refractivity contribution in [3.05, 3.63) is 24.2 Å². The van der Waals surface area contributed by atoms with Crippen LogP contribution in [0.25, 0.3) is 5.52 Å². The van der Waals surface area contributed by atoms with E-state index in [0.29, 0.717) is 5.52 Å². The van der Waals surface area contributed by atoms with Crippen LogP contribution in [0.2, 0.25) is 0 Å². The number of carbonyl (C=O) groups excluding carboxylic acids is 4. The van der Waals surface area contributed by atoms with Gasteiger partial charge in [0.15, 0.2) is 18.0 Å². The summed E-state index contributed by atoms with van der Waals surface area (Å²) in [5.74, 6) is -2.99. The van der Waals surface area contributed by atoms with E-state index in [2.05, 4.69) is 29.7 Å². The number of nitriles is 1. The molecule has 1 saturated heterocycles. The molecule has 0 unspecified atom stereocenters. The molecule has 0 amide bonds. The number of anilines is 1. The first-order valence-electron chi connectivity index (χ1n) is 13.8. The minimum atomic E-state index is -4.44. The van der Waals surface area contributed by atoms with Crippen LogP contribution in [-0.4, -0.2) is 89.2 Å². The van der Waals surface area contributed by atoms with E-state index >= 15 is 0 Å². The summed E-state index contributed by atoms with van der Waals surface area (Å²) < 4.78 is 48.0. The lowest BCUT2D eigenvalue weighted by atomic mass is 9.95. The molecule has 4 N–H and O–H groups in total. The summed E-state index contributed by atoms with van der Waals surface area (Å²) in [6.07, 6.45) is -3.35. The van der Waals surface area contributed by atoms with E-state index in [4.69, 9.17) is 24.5 Å². The van der Waals surface area contributed by atoms with Crippen molar-refractivity contribution in [3.63, 3.8) is 0 Å². The molecule has 3 rings (SSSR count). The lowest BCUT2D eigenvalue weighted by Gasteiger charge is -2.31. The van der Waals surface area contributed by atoms with E-state index in [1.807, 2.05) is 6.07 Å². The van der Waals surface area contributed by atoms with Crippen LogP contribution in [0.1, 0.15) is 52.3 Å². The van der Waals surface area contributed by atoms with Crippen molar-refractivity contribution in [1.82, 2.24) is 24.8 Å². The first kappa shape index (κ1) is 35.3. The third kappa shape index (κ3) is 7.75. The van der Waals surface area contributed by atoms with E-state index in [0.717, 1.165) is 14.2 Å². The van der Waals surface area contributed by atoms with Crippen molar-refractivity contribution in [2.75, 3.05) is 26.6 Å². The number of rotatable bonds is 14. The molecule has 3 heterocycles. The van der Waals surface area contributed by atoms with E-state index in [1.54, 1.807) is 19.1 Å². The molecule has 0 saturated carbocycles. The van der Waals surface area contributed by atoms with E-state index in [1.165, 1.54) is 31.6 Å². The van der Waals surface area contributed by atoms with Crippen LogP contribution in [0, 0.1) is 11.3 Å². The lowest BCUT2D eigenvalue weighted by Crippen LogP contribution is -2.50. The van der Waals surface area contributed by atoms with Crippen molar-refractivity contribution in [1.29, 1.82) is 5.26 Å². The third-order valence-electron chi connectivity index (χ3n) is 6.79. The molecule has 246 valence electrons. The van der Waals surface area contributed by atoms with Crippen LogP contribution in [-0.2, 0) is 52.0 Å². The molecule has 19 heteroatoms. The van der Waals surface area contributed by atoms with Gasteiger partial charge >= 0.3 is 31.5 Å². The smallest absolute Gasteiger partial charge is 0.342 e. The molecule has 1 aliphatic heterocycles. The molecule has 18 nitrogen and oxygen atoms in total. The van der Waals surface area contributed by atoms with Gasteiger partial charge in [-0.1, -0.05) is 13.8 Å². The van der Waals surface area contributed by atoms with Crippen molar-refractivity contribution in [2.45, 2.75) is 76.5 Å². The third-order valence-corrected chi connectivity index (χ3v) is 8.73. The molecule has 0 bridgehead atoms. The monoisotopic (exact) mass is 653 g/mol. The molecule has 2 aromatic heterocycles. The van der Waals surface area contributed by atoms with Crippen LogP contribution < -0.4 is 15.9 Å². The molecule has 0 aliphatic carbocycles. The molecule has 45 heavy (non-hydrogen) atoms. The van der Waals surface area contributed by atoms with Crippen molar-refractivity contribution in [3.8, 4) is 6.07 Å². The van der Waals surface area contributed by atoms with E-state index in [-0.39, 0.29) is 24.4 Å². The molecule has 0 radical (unpaired) electrons. The number of nitrogens with one attached hydrogen (secondary N) is 2. The maximum atomic E-state index is 14.0. The Hall–Kier alpha value is -4.14. The normalized spacial score (nSPS) is 22.6. The fraction of sp³-hybridized carbons (Fsp3) is 0.577. The van der Waals surface area contributed by atoms with Gasteiger partial charge in [-0.15, -0.1) is 0 Å². The van der Waals surface area contributed by atoms with Crippen LogP contribution in [0.4, 0.5) is 5.82 Å². The van der Waals surface area contributed by atoms with Gasteiger partial charge in [0.05, 0.1) is 19.9 Å². The molecule has 0 aromatic carbocycles. The average molecular weight is 654 g/mol. The number of ether oxygens (including phenoxy) is 5. The second kappa shape index (κ2) is 14.8. The highest BCUT2D eigenvalue weighted by molar-refractivity contribution is 7.54. The second-order valence-corrected chi connectivity index (χ2v) is 11.8. The summed E-state index contributed by atoms with van der Waals surface area (Å²) in [4.78, 5) is 53.5. The SMILES string of the molecule is CCC(=O)O[C@H]1[C@H](c2ccc3c(N)ncnn23)O[C@](C#N)(COP(=O)(N[C@@H](C)C(=O)OC)N[C@@H](C)C(=O)OC)[C@H]1OC(=O)CC. The summed E-state index contributed by atoms with van der Waals surface area (Å²) in [6, 6.07) is 2.61. The Morgan fingerprint density at radius 1 is 1.09 bits per heavy atom. The van der Waals surface area contributed by atoms with Gasteiger partial charge in [-0.2, -0.15) is 10.4 Å². The first-order valence-corrected chi connectivity index (χ1v) is 15.4. The second-order valence-electron chi connectivity index (χ2n) is 9.89. The fourth-order valence-electron chi connectivity index (χ4n) is 4.45. The first-order chi connectivity index (χ1) is 21.3. The van der Waals surface area contributed by atoms with Crippen LogP contribution in [0.15, 0.2) is 18.5 Å². The number of nitrogens with two attached hydrogens (primary N) is 1. The van der Waals surface area contributed by atoms with Gasteiger partial charge < -0.3 is 33.9 Å². The summed E-state index contributed by atoms with van der Waals surface area (Å²) in [6.45, 7) is 4.82. The van der Waals surface area contributed by atoms with Gasteiger partial charge in [0.2, 0.25) is 5.60 Å². The maximum absolute atomic E-state index is 14.0. The Morgan fingerprint density at radius 3 is 2.20 bits per heavy atom. The molecule has 6 atom stereocenters. The van der Waals surface area contributed by atoms with E-state index in [9.17, 15) is 29.0 Å². The Morgan fingerprint density at radius 2 is 1.67 bits per heavy atom. The molecular weight excluding hydrogens is 617 g/mol. The van der Waals surface area contributed by atoms with Gasteiger partial charge in [-0.3, -0.25) is 23.7 Å². The Labute approximate surface area is 258 Å². The number of esters is 4. The van der Waals surface area contributed by atoms with Gasteiger partial charge in [-0.05, 0) is 26.0 Å². The van der Waals surface area contributed by atoms with Gasteiger partial charge in [0.25, 0.3) is 0 Å². The summed E-state index contributed by atoms with van der Waals surface area (Å²) in [5.41, 5.74) is 4.34. The molecular formula is C26H36N7O11P. The maximum Gasteiger partial charge on any atom is 0.342 e. The lowest BCUT2D eigenvalue weighted by molar-refractivity contribution is -0.169. The average Bonchev–Trinajstić information content (AvgIpc) is 3.59. The molecule has 1 aliphatic rings. The number of nitrogens with zero attached hydrogens (tertiary/aromatic N) is 4. The summed E-state index contributed by atoms with van der Waals surface area (Å²) >= 11 is 0. The van der Waals surface area contributed by atoms with Crippen LogP contribution in [0.5, 0.6) is 0 Å². The highest BCUT2D eigenvalue weighted by Gasteiger charge is 2.62. The largest absolute Gasteiger partial charge is 0.468 e. The minimum absolute atomic E-state index is 0.0718. The highest BCUT2D eigenvalue weighted by atomic mass is 31.2. The van der Waals surface area contributed by atoms with E-state index < -0.39 is 74.2 Å². The number of carbonyl (C=O) groups is 4. The van der Waals surface area contributed by atoms with Crippen molar-refractivity contribution >= 4 is 42.9 Å². The zero-order chi connectivity index (χ0) is 33.5. The van der Waals surface area contributed by atoms with Crippen molar-refractivity contribution < 1.29 is 52.0 Å². The zero-order valence-corrected chi connectivity index (χ0v) is 26.4. The van der Waals surface area contributed by atoms with Crippen molar-refractivity contribution in [2.24, 2.45) is 0 Å². The van der Waals surface area contributed by atoms with Crippen LogP contribution >= 0.6 is 7.67 Å². The number of methoxy groups -OCH3 is 2. The standard InChI is InChI=1S/C26H36N7O11P/c1-7-18(34)42-21-20(16-9-10-17-23(28)29-13-30-33(16)17)44-26(11-27,22(21)43-19(35)8-2)12-41-45(38,31-14(3)24(36)39-5)32-15(4)25(37)40-6/h9-10,13-15,20-22H,7-8,12H2,1-6H3,(H2,28,29,30)(H2,31,32,38)/t14-,15-,20-,21-,22-,26+/m0/s1. The summed E-state index contributed by atoms with van der Waals surface area (Å²) in [7, 11) is -2.22. The number of fused-ring (bicyclic) bond motifs is 1. The molecule has 1 fully saturated rings. The highest BCUT2D eigenvalue weighted by Crippen LogP contribution is 2.47. The topological polar surface area (TPSA) is 245 Å². The quantitative estimate of drug-likeness (QED) is 0.144. The zero-order valence-electron chi connectivity index (χ0n) is 25.5. The number of aromatic nitrogens is 3.